The molecule has 0 aliphatic rings. The van der Waals surface area contributed by atoms with Crippen LogP contribution in [0.15, 0.2) is 29.8 Å². The van der Waals surface area contributed by atoms with E-state index in [0.29, 0.717) is 5.01 Å². The van der Waals surface area contributed by atoms with Gasteiger partial charge in [0.2, 0.25) is 0 Å². The second-order valence-electron chi connectivity index (χ2n) is 3.49. The van der Waals surface area contributed by atoms with Crippen LogP contribution in [-0.2, 0) is 9.53 Å². The third-order valence-electron chi connectivity index (χ3n) is 2.40. The summed E-state index contributed by atoms with van der Waals surface area (Å²) in [4.78, 5) is 15.7. The van der Waals surface area contributed by atoms with Gasteiger partial charge in [-0.3, -0.25) is 4.79 Å². The molecule has 1 atom stereocenters. The predicted octanol–water partition coefficient (Wildman–Crippen LogP) is 2.73. The minimum Gasteiger partial charge on any atom is -0.468 e. The fraction of sp³-hybridized carbons (Fsp3) is 0.167. The Bertz CT molecular complexity index is 557. The number of aromatic nitrogens is 1. The van der Waals surface area contributed by atoms with E-state index >= 15 is 0 Å². The zero-order valence-corrected chi connectivity index (χ0v) is 10.2. The van der Waals surface area contributed by atoms with Crippen molar-refractivity contribution < 1.29 is 18.3 Å². The molecule has 0 radical (unpaired) electrons. The highest BCUT2D eigenvalue weighted by Crippen LogP contribution is 2.29. The molecule has 1 heterocycles. The van der Waals surface area contributed by atoms with Crippen molar-refractivity contribution in [2.75, 3.05) is 7.11 Å². The molecule has 0 saturated heterocycles. The quantitative estimate of drug-likeness (QED) is 0.804. The Kier molecular flexibility index (Phi) is 3.66. The van der Waals surface area contributed by atoms with Gasteiger partial charge in [-0.25, -0.2) is 13.8 Å². The normalized spacial score (nSPS) is 12.2. The Hall–Kier alpha value is -1.82. The molecule has 2 aromatic rings. The molecule has 0 amide bonds. The standard InChI is InChI=1S/C12H9F2NO2S/c1-17-12(16)10(11-15-4-5-18-11)8-6-7(13)2-3-9(8)14/h2-6,10H,1H3. The number of hydrogen-bond donors (Lipinski definition) is 0. The fourth-order valence-corrected chi connectivity index (χ4v) is 2.33. The summed E-state index contributed by atoms with van der Waals surface area (Å²) in [7, 11) is 1.19. The lowest BCUT2D eigenvalue weighted by Crippen LogP contribution is -2.17. The van der Waals surface area contributed by atoms with Crippen LogP contribution in [0.1, 0.15) is 16.5 Å². The van der Waals surface area contributed by atoms with Crippen molar-refractivity contribution in [1.29, 1.82) is 0 Å². The molecule has 94 valence electrons. The number of rotatable bonds is 3. The largest absolute Gasteiger partial charge is 0.468 e. The number of ether oxygens (including phenoxy) is 1. The molecule has 18 heavy (non-hydrogen) atoms. The van der Waals surface area contributed by atoms with E-state index in [2.05, 4.69) is 9.72 Å². The Morgan fingerprint density at radius 1 is 1.44 bits per heavy atom. The van der Waals surface area contributed by atoms with E-state index < -0.39 is 23.5 Å². The first kappa shape index (κ1) is 12.6. The highest BCUT2D eigenvalue weighted by molar-refractivity contribution is 7.09. The van der Waals surface area contributed by atoms with Crippen LogP contribution in [0.25, 0.3) is 0 Å². The van der Waals surface area contributed by atoms with E-state index in [4.69, 9.17) is 0 Å². The van der Waals surface area contributed by atoms with Gasteiger partial charge in [0.05, 0.1) is 7.11 Å². The summed E-state index contributed by atoms with van der Waals surface area (Å²) >= 11 is 1.18. The van der Waals surface area contributed by atoms with Crippen molar-refractivity contribution in [2.45, 2.75) is 5.92 Å². The first-order valence-corrected chi connectivity index (χ1v) is 5.93. The Morgan fingerprint density at radius 2 is 2.22 bits per heavy atom. The van der Waals surface area contributed by atoms with Gasteiger partial charge < -0.3 is 4.74 Å². The maximum absolute atomic E-state index is 13.7. The molecule has 0 bridgehead atoms. The Balaban J connectivity index is 2.53. The highest BCUT2D eigenvalue weighted by atomic mass is 32.1. The van der Waals surface area contributed by atoms with Crippen molar-refractivity contribution in [3.63, 3.8) is 0 Å². The van der Waals surface area contributed by atoms with Gasteiger partial charge in [-0.1, -0.05) is 0 Å². The molecule has 0 aliphatic heterocycles. The van der Waals surface area contributed by atoms with E-state index in [9.17, 15) is 13.6 Å². The van der Waals surface area contributed by atoms with Gasteiger partial charge in [0.1, 0.15) is 22.6 Å². The summed E-state index contributed by atoms with van der Waals surface area (Å²) in [5, 5.41) is 2.02. The molecule has 0 N–H and O–H groups in total. The summed E-state index contributed by atoms with van der Waals surface area (Å²) in [6.45, 7) is 0. The smallest absolute Gasteiger partial charge is 0.320 e. The molecule has 1 unspecified atom stereocenters. The molecular formula is C12H9F2NO2S. The molecule has 1 aromatic carbocycles. The summed E-state index contributed by atoms with van der Waals surface area (Å²) in [6.07, 6.45) is 1.49. The van der Waals surface area contributed by atoms with Crippen LogP contribution in [0.3, 0.4) is 0 Å². The maximum atomic E-state index is 13.7. The van der Waals surface area contributed by atoms with Gasteiger partial charge >= 0.3 is 5.97 Å². The Morgan fingerprint density at radius 3 is 2.83 bits per heavy atom. The summed E-state index contributed by atoms with van der Waals surface area (Å²) in [5.74, 6) is -2.99. The molecule has 0 spiro atoms. The van der Waals surface area contributed by atoms with Crippen molar-refractivity contribution >= 4 is 17.3 Å². The number of carbonyl (C=O) groups is 1. The van der Waals surface area contributed by atoms with Crippen LogP contribution in [0, 0.1) is 11.6 Å². The van der Waals surface area contributed by atoms with E-state index in [-0.39, 0.29) is 5.56 Å². The zero-order valence-electron chi connectivity index (χ0n) is 9.39. The number of hydrogen-bond acceptors (Lipinski definition) is 4. The molecule has 3 nitrogen and oxygen atoms in total. The van der Waals surface area contributed by atoms with E-state index in [0.717, 1.165) is 18.2 Å². The molecule has 0 saturated carbocycles. The number of esters is 1. The van der Waals surface area contributed by atoms with Crippen LogP contribution >= 0.6 is 11.3 Å². The van der Waals surface area contributed by atoms with Crippen molar-refractivity contribution in [1.82, 2.24) is 4.98 Å². The first-order chi connectivity index (χ1) is 8.63. The highest BCUT2D eigenvalue weighted by Gasteiger charge is 2.29. The van der Waals surface area contributed by atoms with Crippen LogP contribution in [-0.4, -0.2) is 18.1 Å². The number of halogens is 2. The van der Waals surface area contributed by atoms with E-state index in [1.165, 1.54) is 24.6 Å². The van der Waals surface area contributed by atoms with Crippen LogP contribution in [0.4, 0.5) is 8.78 Å². The lowest BCUT2D eigenvalue weighted by Gasteiger charge is -2.13. The molecule has 0 fully saturated rings. The SMILES string of the molecule is COC(=O)C(c1nccs1)c1cc(F)ccc1F. The molecule has 0 aliphatic carbocycles. The fourth-order valence-electron chi connectivity index (χ4n) is 1.59. The van der Waals surface area contributed by atoms with Gasteiger partial charge in [0.15, 0.2) is 0 Å². The average Bonchev–Trinajstić information content (AvgIpc) is 2.87. The van der Waals surface area contributed by atoms with Crippen molar-refractivity contribution in [2.24, 2.45) is 0 Å². The third kappa shape index (κ3) is 2.38. The zero-order chi connectivity index (χ0) is 13.1. The monoisotopic (exact) mass is 269 g/mol. The average molecular weight is 269 g/mol. The number of nitrogens with zero attached hydrogens (tertiary/aromatic N) is 1. The van der Waals surface area contributed by atoms with Crippen molar-refractivity contribution in [3.8, 4) is 0 Å². The topological polar surface area (TPSA) is 39.2 Å². The molecule has 2 rings (SSSR count). The molecule has 1 aromatic heterocycles. The van der Waals surface area contributed by atoms with Gasteiger partial charge in [-0.15, -0.1) is 11.3 Å². The maximum Gasteiger partial charge on any atom is 0.320 e. The summed E-state index contributed by atoms with van der Waals surface area (Å²) < 4.78 is 31.5. The summed E-state index contributed by atoms with van der Waals surface area (Å²) in [6, 6.07) is 2.96. The molecule has 6 heteroatoms. The number of methoxy groups -OCH3 is 1. The second-order valence-corrected chi connectivity index (χ2v) is 4.42. The van der Waals surface area contributed by atoms with Gasteiger partial charge in [-0.05, 0) is 18.2 Å². The predicted molar refractivity (Wildman–Crippen MR) is 62.3 cm³/mol. The minimum atomic E-state index is -1.04. The Labute approximate surface area is 106 Å². The van der Waals surface area contributed by atoms with Crippen LogP contribution in [0.5, 0.6) is 0 Å². The lowest BCUT2D eigenvalue weighted by molar-refractivity contribution is -0.141. The first-order valence-electron chi connectivity index (χ1n) is 5.05. The van der Waals surface area contributed by atoms with Crippen LogP contribution in [0.2, 0.25) is 0 Å². The van der Waals surface area contributed by atoms with Gasteiger partial charge in [-0.2, -0.15) is 0 Å². The third-order valence-corrected chi connectivity index (χ3v) is 3.24. The van der Waals surface area contributed by atoms with Crippen LogP contribution < -0.4 is 0 Å². The number of carbonyl (C=O) groups excluding carboxylic acids is 1. The van der Waals surface area contributed by atoms with Gasteiger partial charge in [0, 0.05) is 17.1 Å². The lowest BCUT2D eigenvalue weighted by atomic mass is 9.99. The number of benzene rings is 1. The van der Waals surface area contributed by atoms with Gasteiger partial charge in [0.25, 0.3) is 0 Å². The van der Waals surface area contributed by atoms with E-state index in [1.807, 2.05) is 0 Å². The number of thiazole rings is 1. The van der Waals surface area contributed by atoms with Crippen molar-refractivity contribution in [3.05, 3.63) is 52.0 Å². The molecular weight excluding hydrogens is 260 g/mol. The minimum absolute atomic E-state index is 0.0724. The summed E-state index contributed by atoms with van der Waals surface area (Å²) in [5.41, 5.74) is -0.0724. The second kappa shape index (κ2) is 5.22. The van der Waals surface area contributed by atoms with E-state index in [1.54, 1.807) is 5.38 Å².